The number of hydrogen-bond acceptors (Lipinski definition) is 1. The molecule has 2 nitrogen and oxygen atoms in total. The Balaban J connectivity index is 1.94. The summed E-state index contributed by atoms with van der Waals surface area (Å²) < 4.78 is 0. The summed E-state index contributed by atoms with van der Waals surface area (Å²) in [6.07, 6.45) is 8.12. The van der Waals surface area contributed by atoms with Crippen LogP contribution in [0, 0.1) is 5.41 Å². The van der Waals surface area contributed by atoms with Gasteiger partial charge in [-0.25, -0.2) is 0 Å². The molecule has 0 radical (unpaired) electrons. The molecule has 2 heteroatoms. The largest absolute Gasteiger partial charge is 0.367 e. The van der Waals surface area contributed by atoms with E-state index in [1.54, 1.807) is 0 Å². The van der Waals surface area contributed by atoms with Gasteiger partial charge in [-0.2, -0.15) is 0 Å². The molecule has 2 N–H and O–H groups in total. The predicted molar refractivity (Wildman–Crippen MR) is 50.1 cm³/mol. The van der Waals surface area contributed by atoms with Gasteiger partial charge >= 0.3 is 0 Å². The van der Waals surface area contributed by atoms with Crippen molar-refractivity contribution in [2.45, 2.75) is 19.3 Å². The molecule has 0 saturated heterocycles. The number of nitrogens with one attached hydrogen (secondary N) is 2. The molecule has 1 heterocycles. The molecule has 0 aliphatic heterocycles. The molecule has 1 aliphatic carbocycles. The van der Waals surface area contributed by atoms with Crippen LogP contribution in [0.3, 0.4) is 0 Å². The van der Waals surface area contributed by atoms with Crippen molar-refractivity contribution in [2.24, 2.45) is 5.41 Å². The number of H-pyrrole nitrogens is 1. The van der Waals surface area contributed by atoms with Gasteiger partial charge in [-0.3, -0.25) is 0 Å². The third-order valence-electron chi connectivity index (χ3n) is 2.75. The Labute approximate surface area is 73.4 Å². The summed E-state index contributed by atoms with van der Waals surface area (Å²) in [4.78, 5) is 3.10. The van der Waals surface area contributed by atoms with Gasteiger partial charge in [-0.05, 0) is 43.4 Å². The summed E-state index contributed by atoms with van der Waals surface area (Å²) in [5, 5.41) is 3.27. The number of aromatic nitrogens is 1. The van der Waals surface area contributed by atoms with Gasteiger partial charge in [0.1, 0.15) is 0 Å². The van der Waals surface area contributed by atoms with E-state index in [1.807, 2.05) is 13.2 Å². The Bertz CT molecular complexity index is 234. The molecule has 12 heavy (non-hydrogen) atoms. The van der Waals surface area contributed by atoms with Crippen molar-refractivity contribution < 1.29 is 0 Å². The van der Waals surface area contributed by atoms with Crippen molar-refractivity contribution in [3.63, 3.8) is 0 Å². The first kappa shape index (κ1) is 7.87. The number of hydrogen-bond donors (Lipinski definition) is 2. The SMILES string of the molecule is CNCC1(Cc2cc[nH]c2)CC1. The highest BCUT2D eigenvalue weighted by atomic mass is 14.8. The van der Waals surface area contributed by atoms with Gasteiger partial charge < -0.3 is 10.3 Å². The van der Waals surface area contributed by atoms with Crippen molar-refractivity contribution in [1.29, 1.82) is 0 Å². The summed E-state index contributed by atoms with van der Waals surface area (Å²) in [5.41, 5.74) is 2.04. The van der Waals surface area contributed by atoms with Gasteiger partial charge in [-0.1, -0.05) is 0 Å². The smallest absolute Gasteiger partial charge is 0.00375 e. The second-order valence-electron chi connectivity index (χ2n) is 3.93. The van der Waals surface area contributed by atoms with Crippen LogP contribution in [0.2, 0.25) is 0 Å². The van der Waals surface area contributed by atoms with Crippen LogP contribution in [-0.4, -0.2) is 18.6 Å². The first-order valence-electron chi connectivity index (χ1n) is 4.61. The van der Waals surface area contributed by atoms with E-state index in [1.165, 1.54) is 24.8 Å². The van der Waals surface area contributed by atoms with E-state index in [9.17, 15) is 0 Å². The standard InChI is InChI=1S/C10H16N2/c1-11-8-10(3-4-10)6-9-2-5-12-7-9/h2,5,7,11-12H,3-4,6,8H2,1H3. The van der Waals surface area contributed by atoms with E-state index in [0.717, 1.165) is 6.54 Å². The maximum absolute atomic E-state index is 3.27. The quantitative estimate of drug-likeness (QED) is 0.694. The van der Waals surface area contributed by atoms with E-state index in [2.05, 4.69) is 22.6 Å². The van der Waals surface area contributed by atoms with E-state index in [-0.39, 0.29) is 0 Å². The minimum Gasteiger partial charge on any atom is -0.367 e. The van der Waals surface area contributed by atoms with E-state index in [4.69, 9.17) is 0 Å². The van der Waals surface area contributed by atoms with Gasteiger partial charge in [-0.15, -0.1) is 0 Å². The molecule has 1 saturated carbocycles. The molecule has 0 bridgehead atoms. The zero-order valence-corrected chi connectivity index (χ0v) is 7.56. The van der Waals surface area contributed by atoms with Crippen molar-refractivity contribution in [1.82, 2.24) is 10.3 Å². The van der Waals surface area contributed by atoms with Gasteiger partial charge in [0.2, 0.25) is 0 Å². The topological polar surface area (TPSA) is 27.8 Å². The molecule has 2 rings (SSSR count). The molecular weight excluding hydrogens is 148 g/mol. The Morgan fingerprint density at radius 3 is 2.92 bits per heavy atom. The first-order chi connectivity index (χ1) is 5.85. The molecule has 0 unspecified atom stereocenters. The maximum Gasteiger partial charge on any atom is 0.00375 e. The molecule has 0 spiro atoms. The normalized spacial score (nSPS) is 19.4. The molecule has 0 atom stereocenters. The van der Waals surface area contributed by atoms with Crippen molar-refractivity contribution in [3.05, 3.63) is 24.0 Å². The summed E-state index contributed by atoms with van der Waals surface area (Å²) in [6, 6.07) is 2.18. The highest BCUT2D eigenvalue weighted by Gasteiger charge is 2.41. The predicted octanol–water partition coefficient (Wildman–Crippen LogP) is 1.56. The van der Waals surface area contributed by atoms with Crippen LogP contribution in [0.4, 0.5) is 0 Å². The van der Waals surface area contributed by atoms with Crippen molar-refractivity contribution in [2.75, 3.05) is 13.6 Å². The third-order valence-corrected chi connectivity index (χ3v) is 2.75. The third kappa shape index (κ3) is 1.53. The highest BCUT2D eigenvalue weighted by Crippen LogP contribution is 2.47. The van der Waals surface area contributed by atoms with E-state index < -0.39 is 0 Å². The van der Waals surface area contributed by atoms with Crippen LogP contribution in [0.5, 0.6) is 0 Å². The fraction of sp³-hybridized carbons (Fsp3) is 0.600. The molecule has 0 amide bonds. The molecule has 0 aromatic carbocycles. The van der Waals surface area contributed by atoms with Crippen molar-refractivity contribution in [3.8, 4) is 0 Å². The number of aromatic amines is 1. The van der Waals surface area contributed by atoms with Crippen molar-refractivity contribution >= 4 is 0 Å². The second kappa shape index (κ2) is 2.94. The second-order valence-corrected chi connectivity index (χ2v) is 3.93. The zero-order valence-electron chi connectivity index (χ0n) is 7.56. The van der Waals surface area contributed by atoms with Crippen LogP contribution < -0.4 is 5.32 Å². The average molecular weight is 164 g/mol. The lowest BCUT2D eigenvalue weighted by Gasteiger charge is -2.12. The van der Waals surface area contributed by atoms with E-state index in [0.29, 0.717) is 5.41 Å². The highest BCUT2D eigenvalue weighted by molar-refractivity contribution is 5.14. The van der Waals surface area contributed by atoms with Crippen LogP contribution in [0.15, 0.2) is 18.5 Å². The lowest BCUT2D eigenvalue weighted by molar-refractivity contribution is 0.478. The van der Waals surface area contributed by atoms with Gasteiger partial charge in [0, 0.05) is 18.9 Å². The molecule has 1 aliphatic rings. The fourth-order valence-electron chi connectivity index (χ4n) is 1.87. The van der Waals surface area contributed by atoms with Gasteiger partial charge in [0.15, 0.2) is 0 Å². The monoisotopic (exact) mass is 164 g/mol. The zero-order chi connectivity index (χ0) is 8.44. The number of rotatable bonds is 4. The molecule has 1 fully saturated rings. The Hall–Kier alpha value is -0.760. The van der Waals surface area contributed by atoms with Crippen LogP contribution in [-0.2, 0) is 6.42 Å². The van der Waals surface area contributed by atoms with Crippen LogP contribution >= 0.6 is 0 Å². The van der Waals surface area contributed by atoms with E-state index >= 15 is 0 Å². The summed E-state index contributed by atoms with van der Waals surface area (Å²) >= 11 is 0. The minimum absolute atomic E-state index is 0.594. The lowest BCUT2D eigenvalue weighted by atomic mass is 9.98. The molecule has 1 aromatic rings. The molecular formula is C10H16N2. The summed E-state index contributed by atoms with van der Waals surface area (Å²) in [5.74, 6) is 0. The summed E-state index contributed by atoms with van der Waals surface area (Å²) in [7, 11) is 2.04. The Morgan fingerprint density at radius 1 is 1.58 bits per heavy atom. The Morgan fingerprint density at radius 2 is 2.42 bits per heavy atom. The molecule has 66 valence electrons. The summed E-state index contributed by atoms with van der Waals surface area (Å²) in [6.45, 7) is 1.16. The molecule has 1 aromatic heterocycles. The van der Waals surface area contributed by atoms with Gasteiger partial charge in [0.05, 0.1) is 0 Å². The maximum atomic E-state index is 3.27. The van der Waals surface area contributed by atoms with Crippen LogP contribution in [0.1, 0.15) is 18.4 Å². The van der Waals surface area contributed by atoms with Gasteiger partial charge in [0.25, 0.3) is 0 Å². The minimum atomic E-state index is 0.594. The Kier molecular flexibility index (Phi) is 1.93. The lowest BCUT2D eigenvalue weighted by Crippen LogP contribution is -2.21. The average Bonchev–Trinajstić information content (AvgIpc) is 2.63. The van der Waals surface area contributed by atoms with Crippen LogP contribution in [0.25, 0.3) is 0 Å². The first-order valence-corrected chi connectivity index (χ1v) is 4.61. The fourth-order valence-corrected chi connectivity index (χ4v) is 1.87.